The molecule has 0 aliphatic carbocycles. The average molecular weight is 272 g/mol. The second-order valence-electron chi connectivity index (χ2n) is 4.74. The normalized spacial score (nSPS) is 11.4. The molecule has 2 heteroatoms. The van der Waals surface area contributed by atoms with Gasteiger partial charge in [0.05, 0.1) is 11.4 Å². The molecule has 0 amide bonds. The summed E-state index contributed by atoms with van der Waals surface area (Å²) in [6.07, 6.45) is 8.16. The molecule has 0 aliphatic rings. The molecule has 2 nitrogen and oxygen atoms in total. The lowest BCUT2D eigenvalue weighted by atomic mass is 10.2. The SMILES string of the molecule is C(=C\c1cc(/C=C/c2ccccc2)[nH]n1)/c1ccccc1. The molecule has 0 atom stereocenters. The van der Waals surface area contributed by atoms with Gasteiger partial charge in [-0.3, -0.25) is 5.10 Å². The minimum absolute atomic E-state index is 0.923. The largest absolute Gasteiger partial charge is 0.278 e. The fraction of sp³-hybridized carbons (Fsp3) is 0. The van der Waals surface area contributed by atoms with Crippen LogP contribution < -0.4 is 0 Å². The van der Waals surface area contributed by atoms with Gasteiger partial charge >= 0.3 is 0 Å². The summed E-state index contributed by atoms with van der Waals surface area (Å²) in [6, 6.07) is 22.4. The van der Waals surface area contributed by atoms with Gasteiger partial charge in [-0.2, -0.15) is 5.10 Å². The Morgan fingerprint density at radius 2 is 1.24 bits per heavy atom. The first-order chi connectivity index (χ1) is 10.4. The molecule has 1 N–H and O–H groups in total. The third-order valence-corrected chi connectivity index (χ3v) is 3.12. The fourth-order valence-electron chi connectivity index (χ4n) is 2.02. The molecule has 0 unspecified atom stereocenters. The van der Waals surface area contributed by atoms with Crippen LogP contribution in [0.2, 0.25) is 0 Å². The number of aromatic nitrogens is 2. The Hall–Kier alpha value is -2.87. The first-order valence-corrected chi connectivity index (χ1v) is 6.92. The lowest BCUT2D eigenvalue weighted by Gasteiger charge is -1.90. The van der Waals surface area contributed by atoms with Gasteiger partial charge in [0.15, 0.2) is 0 Å². The number of hydrogen-bond acceptors (Lipinski definition) is 1. The Morgan fingerprint density at radius 1 is 0.667 bits per heavy atom. The van der Waals surface area contributed by atoms with Crippen molar-refractivity contribution >= 4 is 24.3 Å². The van der Waals surface area contributed by atoms with Gasteiger partial charge in [0.25, 0.3) is 0 Å². The summed E-state index contributed by atoms with van der Waals surface area (Å²) >= 11 is 0. The van der Waals surface area contributed by atoms with Crippen LogP contribution in [-0.2, 0) is 0 Å². The van der Waals surface area contributed by atoms with Crippen LogP contribution in [0.5, 0.6) is 0 Å². The van der Waals surface area contributed by atoms with Crippen molar-refractivity contribution in [2.45, 2.75) is 0 Å². The molecule has 0 spiro atoms. The topological polar surface area (TPSA) is 28.7 Å². The van der Waals surface area contributed by atoms with Crippen LogP contribution in [0.4, 0.5) is 0 Å². The summed E-state index contributed by atoms with van der Waals surface area (Å²) in [7, 11) is 0. The van der Waals surface area contributed by atoms with E-state index in [1.807, 2.05) is 54.6 Å². The molecule has 0 saturated carbocycles. The number of aromatic amines is 1. The molecule has 21 heavy (non-hydrogen) atoms. The molecule has 3 rings (SSSR count). The van der Waals surface area contributed by atoms with Crippen molar-refractivity contribution in [1.82, 2.24) is 10.2 Å². The van der Waals surface area contributed by atoms with Crippen molar-refractivity contribution in [2.75, 3.05) is 0 Å². The van der Waals surface area contributed by atoms with Crippen LogP contribution in [0.25, 0.3) is 24.3 Å². The maximum absolute atomic E-state index is 4.28. The van der Waals surface area contributed by atoms with Crippen molar-refractivity contribution in [3.63, 3.8) is 0 Å². The summed E-state index contributed by atoms with van der Waals surface area (Å²) in [6.45, 7) is 0. The maximum atomic E-state index is 4.28. The monoisotopic (exact) mass is 272 g/mol. The highest BCUT2D eigenvalue weighted by Crippen LogP contribution is 2.10. The standard InChI is InChI=1S/C19H16N2/c1-3-7-16(8-4-1)11-13-18-15-19(21-20-18)14-12-17-9-5-2-6-10-17/h1-15H,(H,20,21)/b13-11+,14-12+. The van der Waals surface area contributed by atoms with Crippen molar-refractivity contribution in [3.8, 4) is 0 Å². The second kappa shape index (κ2) is 6.53. The molecule has 0 fully saturated rings. The second-order valence-corrected chi connectivity index (χ2v) is 4.74. The highest BCUT2D eigenvalue weighted by Gasteiger charge is 1.94. The van der Waals surface area contributed by atoms with E-state index in [9.17, 15) is 0 Å². The van der Waals surface area contributed by atoms with Crippen LogP contribution in [0.3, 0.4) is 0 Å². The van der Waals surface area contributed by atoms with E-state index < -0.39 is 0 Å². The van der Waals surface area contributed by atoms with E-state index in [0.29, 0.717) is 0 Å². The van der Waals surface area contributed by atoms with Gasteiger partial charge < -0.3 is 0 Å². The first-order valence-electron chi connectivity index (χ1n) is 6.92. The van der Waals surface area contributed by atoms with E-state index in [4.69, 9.17) is 0 Å². The molecule has 2 aromatic carbocycles. The molecule has 1 aromatic heterocycles. The van der Waals surface area contributed by atoms with Crippen LogP contribution >= 0.6 is 0 Å². The van der Waals surface area contributed by atoms with Crippen LogP contribution in [0.15, 0.2) is 66.7 Å². The predicted octanol–water partition coefficient (Wildman–Crippen LogP) is 4.75. The van der Waals surface area contributed by atoms with Gasteiger partial charge in [0, 0.05) is 0 Å². The molecule has 1 heterocycles. The molecule has 0 aliphatic heterocycles. The van der Waals surface area contributed by atoms with E-state index in [1.54, 1.807) is 0 Å². The van der Waals surface area contributed by atoms with E-state index in [2.05, 4.69) is 46.6 Å². The Balaban J connectivity index is 1.69. The highest BCUT2D eigenvalue weighted by molar-refractivity contribution is 5.71. The zero-order valence-electron chi connectivity index (χ0n) is 11.6. The zero-order chi connectivity index (χ0) is 14.3. The van der Waals surface area contributed by atoms with Crippen molar-refractivity contribution in [1.29, 1.82) is 0 Å². The zero-order valence-corrected chi connectivity index (χ0v) is 11.6. The molecule has 3 aromatic rings. The Bertz CT molecular complexity index is 674. The van der Waals surface area contributed by atoms with Crippen LogP contribution in [-0.4, -0.2) is 10.2 Å². The number of nitrogens with one attached hydrogen (secondary N) is 1. The van der Waals surface area contributed by atoms with Crippen molar-refractivity contribution in [2.24, 2.45) is 0 Å². The molecular formula is C19H16N2. The molecule has 102 valence electrons. The van der Waals surface area contributed by atoms with Crippen molar-refractivity contribution < 1.29 is 0 Å². The third-order valence-electron chi connectivity index (χ3n) is 3.12. The fourth-order valence-corrected chi connectivity index (χ4v) is 2.02. The van der Waals surface area contributed by atoms with Gasteiger partial charge in [-0.1, -0.05) is 72.8 Å². The minimum Gasteiger partial charge on any atom is -0.278 e. The van der Waals surface area contributed by atoms with Gasteiger partial charge in [-0.25, -0.2) is 0 Å². The quantitative estimate of drug-likeness (QED) is 0.729. The number of H-pyrrole nitrogens is 1. The predicted molar refractivity (Wildman–Crippen MR) is 89.3 cm³/mol. The maximum Gasteiger partial charge on any atom is 0.0854 e. The summed E-state index contributed by atoms with van der Waals surface area (Å²) in [5, 5.41) is 7.30. The lowest BCUT2D eigenvalue weighted by molar-refractivity contribution is 1.07. The van der Waals surface area contributed by atoms with Crippen LogP contribution in [0, 0.1) is 0 Å². The first kappa shape index (κ1) is 13.1. The van der Waals surface area contributed by atoms with E-state index in [0.717, 1.165) is 11.4 Å². The lowest BCUT2D eigenvalue weighted by Crippen LogP contribution is -1.73. The summed E-state index contributed by atoms with van der Waals surface area (Å²) in [5.41, 5.74) is 4.26. The van der Waals surface area contributed by atoms with Gasteiger partial charge in [-0.05, 0) is 29.3 Å². The summed E-state index contributed by atoms with van der Waals surface area (Å²) in [4.78, 5) is 0. The third kappa shape index (κ3) is 3.80. The molecule has 0 saturated heterocycles. The van der Waals surface area contributed by atoms with Gasteiger partial charge in [0.2, 0.25) is 0 Å². The number of hydrogen-bond donors (Lipinski definition) is 1. The molecular weight excluding hydrogens is 256 g/mol. The Labute approximate surface area is 124 Å². The Morgan fingerprint density at radius 3 is 1.86 bits per heavy atom. The van der Waals surface area contributed by atoms with E-state index in [-0.39, 0.29) is 0 Å². The average Bonchev–Trinajstić information content (AvgIpc) is 3.01. The summed E-state index contributed by atoms with van der Waals surface area (Å²) < 4.78 is 0. The minimum atomic E-state index is 0.923. The highest BCUT2D eigenvalue weighted by atomic mass is 15.1. The summed E-state index contributed by atoms with van der Waals surface area (Å²) in [5.74, 6) is 0. The van der Waals surface area contributed by atoms with E-state index >= 15 is 0 Å². The smallest absolute Gasteiger partial charge is 0.0854 e. The number of rotatable bonds is 4. The molecule has 0 bridgehead atoms. The Kier molecular flexibility index (Phi) is 4.08. The van der Waals surface area contributed by atoms with E-state index in [1.165, 1.54) is 11.1 Å². The van der Waals surface area contributed by atoms with Crippen molar-refractivity contribution in [3.05, 3.63) is 89.2 Å². The van der Waals surface area contributed by atoms with Gasteiger partial charge in [-0.15, -0.1) is 0 Å². The molecule has 0 radical (unpaired) electrons. The van der Waals surface area contributed by atoms with Crippen LogP contribution in [0.1, 0.15) is 22.5 Å². The van der Waals surface area contributed by atoms with Gasteiger partial charge in [0.1, 0.15) is 0 Å². The number of nitrogens with zero attached hydrogens (tertiary/aromatic N) is 1. The number of benzene rings is 2.